The summed E-state index contributed by atoms with van der Waals surface area (Å²) in [7, 11) is -0.407. The molecule has 0 fully saturated rings. The number of halogens is 1. The van der Waals surface area contributed by atoms with Gasteiger partial charge in [-0.25, -0.2) is 0 Å². The van der Waals surface area contributed by atoms with Crippen LogP contribution in [0.5, 0.6) is 0 Å². The highest BCUT2D eigenvalue weighted by Crippen LogP contribution is 2.10. The minimum absolute atomic E-state index is 0.407. The fraction of sp³-hybridized carbons (Fsp3) is 1.00. The Balaban J connectivity index is 3.17. The summed E-state index contributed by atoms with van der Waals surface area (Å²) in [5, 5.41) is 0. The van der Waals surface area contributed by atoms with Crippen molar-refractivity contribution in [2.75, 3.05) is 5.88 Å². The van der Waals surface area contributed by atoms with Gasteiger partial charge in [-0.3, -0.25) is 0 Å². The van der Waals surface area contributed by atoms with Crippen LogP contribution in [0.2, 0.25) is 18.1 Å². The third-order valence-electron chi connectivity index (χ3n) is 1.70. The predicted molar refractivity (Wildman–Crippen MR) is 43.6 cm³/mol. The molecule has 0 bridgehead atoms. The molecule has 0 aliphatic heterocycles. The van der Waals surface area contributed by atoms with Crippen LogP contribution < -0.4 is 0 Å². The fourth-order valence-corrected chi connectivity index (χ4v) is 2.55. The molecule has 1 atom stereocenters. The smallest absolute Gasteiger partial charge is 0.0374 e. The van der Waals surface area contributed by atoms with E-state index in [4.69, 9.17) is 11.6 Å². The van der Waals surface area contributed by atoms with Crippen LogP contribution in [0.15, 0.2) is 0 Å². The van der Waals surface area contributed by atoms with Crippen LogP contribution in [0.3, 0.4) is 0 Å². The Labute approximate surface area is 58.8 Å². The zero-order chi connectivity index (χ0) is 6.57. The van der Waals surface area contributed by atoms with Gasteiger partial charge in [0.05, 0.1) is 0 Å². The molecule has 8 heavy (non-hydrogen) atoms. The highest BCUT2D eigenvalue weighted by molar-refractivity contribution is 6.59. The first-order valence-corrected chi connectivity index (χ1v) is 6.41. The molecule has 0 aromatic heterocycles. The first-order chi connectivity index (χ1) is 3.68. The van der Waals surface area contributed by atoms with Crippen molar-refractivity contribution in [2.24, 2.45) is 0 Å². The average molecular weight is 151 g/mol. The summed E-state index contributed by atoms with van der Waals surface area (Å²) in [5.41, 5.74) is 0.925. The second kappa shape index (κ2) is 4.39. The van der Waals surface area contributed by atoms with E-state index in [1.165, 1.54) is 6.04 Å². The van der Waals surface area contributed by atoms with E-state index in [9.17, 15) is 0 Å². The van der Waals surface area contributed by atoms with Crippen LogP contribution in [0, 0.1) is 0 Å². The van der Waals surface area contributed by atoms with Gasteiger partial charge in [0.2, 0.25) is 0 Å². The van der Waals surface area contributed by atoms with Crippen molar-refractivity contribution in [3.63, 3.8) is 0 Å². The first kappa shape index (κ1) is 8.51. The van der Waals surface area contributed by atoms with E-state index in [1.807, 2.05) is 0 Å². The van der Waals surface area contributed by atoms with Gasteiger partial charge in [0.25, 0.3) is 0 Å². The maximum Gasteiger partial charge on any atom is 0.0374 e. The Morgan fingerprint density at radius 1 is 1.50 bits per heavy atom. The average Bonchev–Trinajstić information content (AvgIpc) is 1.67. The maximum absolute atomic E-state index is 5.58. The molecule has 0 N–H and O–H groups in total. The van der Waals surface area contributed by atoms with Gasteiger partial charge in [-0.1, -0.05) is 25.9 Å². The normalized spacial score (nSPS) is 14.6. The molecule has 0 aliphatic carbocycles. The molecule has 0 heterocycles. The molecule has 0 rings (SSSR count). The van der Waals surface area contributed by atoms with Crippen molar-refractivity contribution < 1.29 is 0 Å². The maximum atomic E-state index is 5.58. The number of rotatable bonds is 3. The summed E-state index contributed by atoms with van der Waals surface area (Å²) in [6.45, 7) is 6.97. The van der Waals surface area contributed by atoms with Crippen LogP contribution in [0.1, 0.15) is 13.8 Å². The van der Waals surface area contributed by atoms with Crippen molar-refractivity contribution in [2.45, 2.75) is 32.0 Å². The Morgan fingerprint density at radius 3 is 2.12 bits per heavy atom. The summed E-state index contributed by atoms with van der Waals surface area (Å²) in [4.78, 5) is 0. The van der Waals surface area contributed by atoms with E-state index in [0.29, 0.717) is 0 Å². The second-order valence-corrected chi connectivity index (χ2v) is 6.94. The van der Waals surface area contributed by atoms with Gasteiger partial charge in [0.1, 0.15) is 0 Å². The number of hydrogen-bond donors (Lipinski definition) is 0. The zero-order valence-electron chi connectivity index (χ0n) is 5.95. The quantitative estimate of drug-likeness (QED) is 0.429. The summed E-state index contributed by atoms with van der Waals surface area (Å²) < 4.78 is 0. The van der Waals surface area contributed by atoms with Crippen molar-refractivity contribution in [3.05, 3.63) is 0 Å². The summed E-state index contributed by atoms with van der Waals surface area (Å²) in [6.07, 6.45) is 0. The predicted octanol–water partition coefficient (Wildman–Crippen LogP) is 2.49. The lowest BCUT2D eigenvalue weighted by molar-refractivity contribution is 1.02. The molecule has 0 aliphatic rings. The molecule has 0 spiro atoms. The molecular formula is C6H15ClSi. The third-order valence-corrected chi connectivity index (χ3v) is 5.76. The Morgan fingerprint density at radius 2 is 2.00 bits per heavy atom. The molecule has 0 amide bonds. The monoisotopic (exact) mass is 150 g/mol. The van der Waals surface area contributed by atoms with Gasteiger partial charge < -0.3 is 0 Å². The van der Waals surface area contributed by atoms with E-state index in [2.05, 4.69) is 20.4 Å². The SMILES string of the molecule is CC(C)[SiH](C)CCCl. The molecule has 0 aromatic carbocycles. The molecule has 0 saturated heterocycles. The van der Waals surface area contributed by atoms with Crippen molar-refractivity contribution in [3.8, 4) is 0 Å². The van der Waals surface area contributed by atoms with Gasteiger partial charge >= 0.3 is 0 Å². The van der Waals surface area contributed by atoms with E-state index < -0.39 is 8.80 Å². The Bertz CT molecular complexity index is 54.5. The molecule has 2 heteroatoms. The first-order valence-electron chi connectivity index (χ1n) is 3.24. The molecule has 0 radical (unpaired) electrons. The lowest BCUT2D eigenvalue weighted by Crippen LogP contribution is -2.11. The van der Waals surface area contributed by atoms with Gasteiger partial charge in [0.15, 0.2) is 0 Å². The van der Waals surface area contributed by atoms with Gasteiger partial charge in [0, 0.05) is 14.7 Å². The van der Waals surface area contributed by atoms with Crippen LogP contribution in [-0.4, -0.2) is 14.7 Å². The van der Waals surface area contributed by atoms with Crippen molar-refractivity contribution in [1.29, 1.82) is 0 Å². The number of alkyl halides is 1. The Hall–Kier alpha value is 0.507. The van der Waals surface area contributed by atoms with Crippen LogP contribution in [-0.2, 0) is 0 Å². The third kappa shape index (κ3) is 3.50. The lowest BCUT2D eigenvalue weighted by atomic mass is 10.6. The van der Waals surface area contributed by atoms with Crippen molar-refractivity contribution >= 4 is 20.4 Å². The minimum atomic E-state index is -0.407. The Kier molecular flexibility index (Phi) is 4.67. The van der Waals surface area contributed by atoms with E-state index in [1.54, 1.807) is 0 Å². The number of hydrogen-bond acceptors (Lipinski definition) is 0. The van der Waals surface area contributed by atoms with Crippen LogP contribution in [0.25, 0.3) is 0 Å². The minimum Gasteiger partial charge on any atom is -0.127 e. The zero-order valence-corrected chi connectivity index (χ0v) is 7.86. The van der Waals surface area contributed by atoms with Gasteiger partial charge in [-0.2, -0.15) is 0 Å². The fourth-order valence-electron chi connectivity index (χ4n) is 0.505. The summed E-state index contributed by atoms with van der Waals surface area (Å²) >= 11 is 5.58. The molecule has 0 aromatic rings. The summed E-state index contributed by atoms with van der Waals surface area (Å²) in [5.74, 6) is 0.867. The molecule has 1 unspecified atom stereocenters. The standard InChI is InChI=1S/C6H15ClSi/c1-6(2)8(3)5-4-7/h6,8H,4-5H2,1-3H3. The van der Waals surface area contributed by atoms with Crippen LogP contribution in [0.4, 0.5) is 0 Å². The van der Waals surface area contributed by atoms with E-state index in [0.717, 1.165) is 11.4 Å². The largest absolute Gasteiger partial charge is 0.127 e. The van der Waals surface area contributed by atoms with E-state index >= 15 is 0 Å². The summed E-state index contributed by atoms with van der Waals surface area (Å²) in [6, 6.07) is 1.29. The van der Waals surface area contributed by atoms with Crippen molar-refractivity contribution in [1.82, 2.24) is 0 Å². The molecule has 0 saturated carbocycles. The highest BCUT2D eigenvalue weighted by atomic mass is 35.5. The van der Waals surface area contributed by atoms with E-state index in [-0.39, 0.29) is 0 Å². The second-order valence-electron chi connectivity index (χ2n) is 2.70. The topological polar surface area (TPSA) is 0 Å². The molecule has 0 nitrogen and oxygen atoms in total. The van der Waals surface area contributed by atoms with Crippen LogP contribution >= 0.6 is 11.6 Å². The molecule has 50 valence electrons. The lowest BCUT2D eigenvalue weighted by Gasteiger charge is -2.10. The highest BCUT2D eigenvalue weighted by Gasteiger charge is 2.06. The molecular weight excluding hydrogens is 136 g/mol. The van der Waals surface area contributed by atoms with Gasteiger partial charge in [-0.15, -0.1) is 11.6 Å². The van der Waals surface area contributed by atoms with Gasteiger partial charge in [-0.05, 0) is 6.04 Å².